The molecule has 0 heterocycles. The van der Waals surface area contributed by atoms with Crippen LogP contribution in [-0.4, -0.2) is 36.9 Å². The first-order valence-corrected chi connectivity index (χ1v) is 8.86. The molecule has 0 saturated carbocycles. The smallest absolute Gasteiger partial charge is 0.432 e. The van der Waals surface area contributed by atoms with Crippen molar-refractivity contribution in [2.75, 3.05) is 23.9 Å². The van der Waals surface area contributed by atoms with E-state index in [0.29, 0.717) is 0 Å². The van der Waals surface area contributed by atoms with E-state index in [1.807, 2.05) is 0 Å². The monoisotopic (exact) mass is 448 g/mol. The Morgan fingerprint density at radius 1 is 1.17 bits per heavy atom. The van der Waals surface area contributed by atoms with Crippen LogP contribution < -0.4 is 10.2 Å². The molecule has 0 unspecified atom stereocenters. The molecule has 2 rings (SSSR count). The summed E-state index contributed by atoms with van der Waals surface area (Å²) in [6.45, 7) is 0.950. The summed E-state index contributed by atoms with van der Waals surface area (Å²) in [7, 11) is 1.33. The Kier molecular flexibility index (Phi) is 6.94. The highest BCUT2D eigenvalue weighted by Gasteiger charge is 2.62. The molecule has 0 aliphatic carbocycles. The van der Waals surface area contributed by atoms with Crippen molar-refractivity contribution in [3.63, 3.8) is 0 Å². The van der Waals surface area contributed by atoms with Crippen molar-refractivity contribution in [2.45, 2.75) is 18.7 Å². The Labute approximate surface area is 174 Å². The van der Waals surface area contributed by atoms with Crippen LogP contribution in [0, 0.1) is 5.82 Å². The van der Waals surface area contributed by atoms with E-state index >= 15 is 0 Å². The van der Waals surface area contributed by atoms with Gasteiger partial charge in [0.2, 0.25) is 0 Å². The lowest BCUT2D eigenvalue weighted by atomic mass is 9.93. The zero-order chi connectivity index (χ0) is 22.7. The predicted octanol–water partition coefficient (Wildman–Crippen LogP) is 4.46. The second kappa shape index (κ2) is 8.88. The van der Waals surface area contributed by atoms with E-state index < -0.39 is 35.2 Å². The largest absolute Gasteiger partial charge is 0.463 e. The number of carbonyl (C=O) groups excluding carboxylic acids is 2. The number of aliphatic hydroxyl groups is 1. The predicted molar refractivity (Wildman–Crippen MR) is 102 cm³/mol. The first-order valence-electron chi connectivity index (χ1n) is 8.48. The molecule has 2 aromatic carbocycles. The van der Waals surface area contributed by atoms with Gasteiger partial charge in [0, 0.05) is 24.0 Å². The number of hydrogen-bond acceptors (Lipinski definition) is 4. The van der Waals surface area contributed by atoms with Crippen molar-refractivity contribution < 1.29 is 37.0 Å². The summed E-state index contributed by atoms with van der Waals surface area (Å²) in [4.78, 5) is 25.2. The summed E-state index contributed by atoms with van der Waals surface area (Å²) in [6.07, 6.45) is -5.33. The molecule has 0 aromatic heterocycles. The molecular formula is C19H17ClF4N2O4. The molecule has 0 saturated heterocycles. The fourth-order valence-corrected chi connectivity index (χ4v) is 2.64. The van der Waals surface area contributed by atoms with Crippen LogP contribution in [0.15, 0.2) is 42.5 Å². The van der Waals surface area contributed by atoms with E-state index in [1.54, 1.807) is 0 Å². The van der Waals surface area contributed by atoms with Crippen LogP contribution in [0.2, 0.25) is 5.02 Å². The number of rotatable bonds is 5. The van der Waals surface area contributed by atoms with Crippen LogP contribution in [0.25, 0.3) is 0 Å². The number of nitrogens with one attached hydrogen (secondary N) is 1. The molecular weight excluding hydrogens is 432 g/mol. The highest BCUT2D eigenvalue weighted by molar-refractivity contribution is 6.31. The van der Waals surface area contributed by atoms with Crippen molar-refractivity contribution in [1.82, 2.24) is 0 Å². The van der Waals surface area contributed by atoms with Gasteiger partial charge in [-0.05, 0) is 37.3 Å². The zero-order valence-electron chi connectivity index (χ0n) is 15.8. The molecule has 0 spiro atoms. The van der Waals surface area contributed by atoms with E-state index in [9.17, 15) is 32.3 Å². The number of esters is 1. The topological polar surface area (TPSA) is 78.9 Å². The Morgan fingerprint density at radius 3 is 2.27 bits per heavy atom. The minimum Gasteiger partial charge on any atom is -0.463 e. The van der Waals surface area contributed by atoms with Crippen LogP contribution >= 0.6 is 11.6 Å². The standard InChI is InChI=1S/C19H17ClF4N2O4/c1-3-30-16(27)18(29,19(22,23)24)11-4-7-13(8-5-11)26(2)17(28)25-12-6-9-15(21)14(20)10-12/h4-10,29H,3H2,1-2H3,(H,25,28)/t18-/m1/s1. The summed E-state index contributed by atoms with van der Waals surface area (Å²) in [6, 6.07) is 6.77. The summed E-state index contributed by atoms with van der Waals surface area (Å²) < 4.78 is 57.7. The lowest BCUT2D eigenvalue weighted by Crippen LogP contribution is -2.50. The van der Waals surface area contributed by atoms with Crippen LogP contribution in [-0.2, 0) is 15.1 Å². The third-order valence-corrected chi connectivity index (χ3v) is 4.42. The van der Waals surface area contributed by atoms with Gasteiger partial charge in [-0.2, -0.15) is 13.2 Å². The summed E-state index contributed by atoms with van der Waals surface area (Å²) in [5.41, 5.74) is -4.27. The Morgan fingerprint density at radius 2 is 1.77 bits per heavy atom. The molecule has 1 atom stereocenters. The van der Waals surface area contributed by atoms with Gasteiger partial charge in [0.15, 0.2) is 0 Å². The van der Waals surface area contributed by atoms with Gasteiger partial charge in [-0.15, -0.1) is 0 Å². The van der Waals surface area contributed by atoms with Crippen molar-refractivity contribution in [3.8, 4) is 0 Å². The SMILES string of the molecule is CCOC(=O)[C@](O)(c1ccc(N(C)C(=O)Nc2ccc(F)c(Cl)c2)cc1)C(F)(F)F. The van der Waals surface area contributed by atoms with Gasteiger partial charge in [-0.3, -0.25) is 4.90 Å². The molecule has 6 nitrogen and oxygen atoms in total. The van der Waals surface area contributed by atoms with Crippen LogP contribution in [0.1, 0.15) is 12.5 Å². The number of nitrogens with zero attached hydrogens (tertiary/aromatic N) is 1. The molecule has 0 radical (unpaired) electrons. The van der Waals surface area contributed by atoms with Crippen molar-refractivity contribution in [3.05, 3.63) is 58.9 Å². The maximum atomic E-state index is 13.4. The van der Waals surface area contributed by atoms with E-state index in [0.717, 1.165) is 35.2 Å². The molecule has 0 aliphatic heterocycles. The molecule has 2 N–H and O–H groups in total. The number of amides is 2. The molecule has 11 heteroatoms. The summed E-state index contributed by atoms with van der Waals surface area (Å²) >= 11 is 5.65. The highest BCUT2D eigenvalue weighted by Crippen LogP contribution is 2.40. The number of halogens is 5. The molecule has 162 valence electrons. The van der Waals surface area contributed by atoms with E-state index in [1.165, 1.54) is 26.1 Å². The fraction of sp³-hybridized carbons (Fsp3) is 0.263. The van der Waals surface area contributed by atoms with Crippen LogP contribution in [0.4, 0.5) is 33.7 Å². The molecule has 0 aliphatic rings. The number of ether oxygens (including phenoxy) is 1. The zero-order valence-corrected chi connectivity index (χ0v) is 16.5. The number of urea groups is 1. The van der Waals surface area contributed by atoms with Crippen molar-refractivity contribution in [1.29, 1.82) is 0 Å². The Bertz CT molecular complexity index is 937. The van der Waals surface area contributed by atoms with Gasteiger partial charge >= 0.3 is 18.2 Å². The minimum atomic E-state index is -5.33. The van der Waals surface area contributed by atoms with Gasteiger partial charge in [-0.25, -0.2) is 14.0 Å². The first-order chi connectivity index (χ1) is 13.9. The van der Waals surface area contributed by atoms with Crippen molar-refractivity contribution in [2.24, 2.45) is 0 Å². The average Bonchev–Trinajstić information content (AvgIpc) is 2.69. The number of alkyl halides is 3. The van der Waals surface area contributed by atoms with Gasteiger partial charge < -0.3 is 15.2 Å². The van der Waals surface area contributed by atoms with E-state index in [-0.39, 0.29) is 23.0 Å². The molecule has 2 amide bonds. The number of carbonyl (C=O) groups is 2. The minimum absolute atomic E-state index is 0.151. The summed E-state index contributed by atoms with van der Waals surface area (Å²) in [5.74, 6) is -2.53. The maximum Gasteiger partial charge on any atom is 0.432 e. The highest BCUT2D eigenvalue weighted by atomic mass is 35.5. The average molecular weight is 449 g/mol. The molecule has 0 fully saturated rings. The van der Waals surface area contributed by atoms with Gasteiger partial charge in [-0.1, -0.05) is 23.7 Å². The summed E-state index contributed by atoms with van der Waals surface area (Å²) in [5, 5.41) is 12.3. The lowest BCUT2D eigenvalue weighted by molar-refractivity contribution is -0.267. The van der Waals surface area contributed by atoms with E-state index in [4.69, 9.17) is 11.6 Å². The quantitative estimate of drug-likeness (QED) is 0.523. The van der Waals surface area contributed by atoms with Gasteiger partial charge in [0.05, 0.1) is 11.6 Å². The van der Waals surface area contributed by atoms with Crippen molar-refractivity contribution >= 4 is 35.0 Å². The Hall–Kier alpha value is -2.85. The second-order valence-corrected chi connectivity index (χ2v) is 6.50. The van der Waals surface area contributed by atoms with Crippen LogP contribution in [0.3, 0.4) is 0 Å². The van der Waals surface area contributed by atoms with Gasteiger partial charge in [0.25, 0.3) is 5.60 Å². The molecule has 30 heavy (non-hydrogen) atoms. The second-order valence-electron chi connectivity index (χ2n) is 6.09. The van der Waals surface area contributed by atoms with E-state index in [2.05, 4.69) is 10.1 Å². The number of hydrogen-bond donors (Lipinski definition) is 2. The molecule has 2 aromatic rings. The Balaban J connectivity index is 2.25. The number of anilines is 2. The van der Waals surface area contributed by atoms with Gasteiger partial charge in [0.1, 0.15) is 5.82 Å². The lowest BCUT2D eigenvalue weighted by Gasteiger charge is -2.29. The normalized spacial score (nSPS) is 13.3. The first kappa shape index (κ1) is 23.4. The third-order valence-electron chi connectivity index (χ3n) is 4.13. The van der Waals surface area contributed by atoms with Crippen LogP contribution in [0.5, 0.6) is 0 Å². The number of benzene rings is 2. The fourth-order valence-electron chi connectivity index (χ4n) is 2.46. The molecule has 0 bridgehead atoms. The third kappa shape index (κ3) is 4.65. The maximum absolute atomic E-state index is 13.4.